The number of nitrogens with zero attached hydrogens (tertiary/aromatic N) is 1. The van der Waals surface area contributed by atoms with Crippen molar-refractivity contribution in [3.05, 3.63) is 0 Å². The van der Waals surface area contributed by atoms with Gasteiger partial charge in [0.25, 0.3) is 0 Å². The van der Waals surface area contributed by atoms with Gasteiger partial charge in [0.1, 0.15) is 0 Å². The van der Waals surface area contributed by atoms with E-state index in [9.17, 15) is 5.11 Å². The van der Waals surface area contributed by atoms with Crippen molar-refractivity contribution < 1.29 is 5.11 Å². The van der Waals surface area contributed by atoms with Gasteiger partial charge in [-0.05, 0) is 36.5 Å². The molecule has 0 aromatic rings. The summed E-state index contributed by atoms with van der Waals surface area (Å²) in [5.74, 6) is 1.52. The highest BCUT2D eigenvalue weighted by atomic mass is 32.1. The highest BCUT2D eigenvalue weighted by molar-refractivity contribution is 7.80. The Hall–Kier alpha value is 0.270. The summed E-state index contributed by atoms with van der Waals surface area (Å²) < 4.78 is 0. The average Bonchev–Trinajstić information content (AvgIpc) is 2.48. The fourth-order valence-electron chi connectivity index (χ4n) is 2.57. The lowest BCUT2D eigenvalue weighted by Gasteiger charge is -2.37. The minimum atomic E-state index is 0.300. The molecule has 1 fully saturated rings. The molecule has 1 heterocycles. The quantitative estimate of drug-likeness (QED) is 0.759. The predicted octanol–water partition coefficient (Wildman–Crippen LogP) is 2.82. The number of rotatable bonds is 4. The molecule has 0 radical (unpaired) electrons. The Morgan fingerprint density at radius 2 is 2.00 bits per heavy atom. The topological polar surface area (TPSA) is 23.5 Å². The molecule has 102 valence electrons. The van der Waals surface area contributed by atoms with Crippen LogP contribution >= 0.6 is 12.6 Å². The van der Waals surface area contributed by atoms with Gasteiger partial charge in [-0.25, -0.2) is 0 Å². The molecule has 0 amide bonds. The SMILES string of the molecule is CC(C)(C)C(CS)CN1CCCCCC1CO. The molecule has 0 aromatic heterocycles. The molecule has 3 heteroatoms. The van der Waals surface area contributed by atoms with E-state index in [2.05, 4.69) is 38.3 Å². The maximum atomic E-state index is 9.51. The van der Waals surface area contributed by atoms with Gasteiger partial charge in [-0.15, -0.1) is 0 Å². The van der Waals surface area contributed by atoms with Gasteiger partial charge in [0, 0.05) is 12.6 Å². The largest absolute Gasteiger partial charge is 0.395 e. The lowest BCUT2D eigenvalue weighted by atomic mass is 9.81. The Labute approximate surface area is 112 Å². The molecule has 2 nitrogen and oxygen atoms in total. The number of likely N-dealkylation sites (tertiary alicyclic amines) is 1. The van der Waals surface area contributed by atoms with E-state index in [4.69, 9.17) is 0 Å². The first-order valence-electron chi connectivity index (χ1n) is 6.94. The summed E-state index contributed by atoms with van der Waals surface area (Å²) in [6.45, 7) is 9.41. The Balaban J connectivity index is 2.61. The van der Waals surface area contributed by atoms with Gasteiger partial charge in [-0.1, -0.05) is 33.6 Å². The van der Waals surface area contributed by atoms with Crippen molar-refractivity contribution >= 4 is 12.6 Å². The van der Waals surface area contributed by atoms with E-state index < -0.39 is 0 Å². The van der Waals surface area contributed by atoms with E-state index in [0.717, 1.165) is 25.3 Å². The maximum absolute atomic E-state index is 9.51. The zero-order valence-electron chi connectivity index (χ0n) is 11.7. The van der Waals surface area contributed by atoms with Crippen LogP contribution in [-0.2, 0) is 0 Å². The molecular formula is C14H29NOS. The monoisotopic (exact) mass is 259 g/mol. The van der Waals surface area contributed by atoms with Crippen molar-refractivity contribution in [3.8, 4) is 0 Å². The number of thiol groups is 1. The lowest BCUT2D eigenvalue weighted by molar-refractivity contribution is 0.0875. The van der Waals surface area contributed by atoms with Crippen molar-refractivity contribution in [2.45, 2.75) is 52.5 Å². The molecule has 2 atom stereocenters. The van der Waals surface area contributed by atoms with Gasteiger partial charge in [0.05, 0.1) is 6.61 Å². The number of aliphatic hydroxyl groups is 1. The first-order chi connectivity index (χ1) is 7.99. The molecule has 1 aliphatic rings. The summed E-state index contributed by atoms with van der Waals surface area (Å²) in [6, 6.07) is 0.377. The fraction of sp³-hybridized carbons (Fsp3) is 1.00. The highest BCUT2D eigenvalue weighted by Gasteiger charge is 2.28. The zero-order chi connectivity index (χ0) is 12.9. The third kappa shape index (κ3) is 4.80. The molecule has 0 spiro atoms. The minimum absolute atomic E-state index is 0.300. The summed E-state index contributed by atoms with van der Waals surface area (Å²) in [5.41, 5.74) is 0.300. The Bertz CT molecular complexity index is 215. The van der Waals surface area contributed by atoms with E-state index >= 15 is 0 Å². The molecule has 1 aliphatic heterocycles. The summed E-state index contributed by atoms with van der Waals surface area (Å²) in [7, 11) is 0. The van der Waals surface area contributed by atoms with Crippen LogP contribution in [0.15, 0.2) is 0 Å². The van der Waals surface area contributed by atoms with E-state index in [1.165, 1.54) is 19.3 Å². The van der Waals surface area contributed by atoms with E-state index in [0.29, 0.717) is 24.0 Å². The Kier molecular flexibility index (Phi) is 6.32. The summed E-state index contributed by atoms with van der Waals surface area (Å²) in [6.07, 6.45) is 5.01. The molecule has 0 saturated carbocycles. The number of hydrogen-bond donors (Lipinski definition) is 2. The molecular weight excluding hydrogens is 230 g/mol. The van der Waals surface area contributed by atoms with Gasteiger partial charge in [-0.2, -0.15) is 12.6 Å². The fourth-order valence-corrected chi connectivity index (χ4v) is 3.24. The first kappa shape index (κ1) is 15.3. The number of hydrogen-bond acceptors (Lipinski definition) is 3. The van der Waals surface area contributed by atoms with Crippen LogP contribution in [0.4, 0.5) is 0 Å². The molecule has 1 N–H and O–H groups in total. The smallest absolute Gasteiger partial charge is 0.0586 e. The zero-order valence-corrected chi connectivity index (χ0v) is 12.5. The first-order valence-corrected chi connectivity index (χ1v) is 7.58. The lowest BCUT2D eigenvalue weighted by Crippen LogP contribution is -2.43. The third-order valence-electron chi connectivity index (χ3n) is 4.11. The van der Waals surface area contributed by atoms with Crippen molar-refractivity contribution in [2.24, 2.45) is 11.3 Å². The summed E-state index contributed by atoms with van der Waals surface area (Å²) in [4.78, 5) is 2.50. The maximum Gasteiger partial charge on any atom is 0.0586 e. The Morgan fingerprint density at radius 3 is 2.53 bits per heavy atom. The van der Waals surface area contributed by atoms with Gasteiger partial charge < -0.3 is 5.11 Å². The summed E-state index contributed by atoms with van der Waals surface area (Å²) in [5, 5.41) is 9.51. The Morgan fingerprint density at radius 1 is 1.29 bits per heavy atom. The minimum Gasteiger partial charge on any atom is -0.395 e. The van der Waals surface area contributed by atoms with Crippen molar-refractivity contribution in [1.29, 1.82) is 0 Å². The number of aliphatic hydroxyl groups excluding tert-OH is 1. The predicted molar refractivity (Wildman–Crippen MR) is 77.7 cm³/mol. The standard InChI is InChI=1S/C14H29NOS/c1-14(2,3)12(11-17)9-15-8-6-4-5-7-13(15)10-16/h12-13,16-17H,4-11H2,1-3H3. The van der Waals surface area contributed by atoms with Gasteiger partial charge in [0.15, 0.2) is 0 Å². The van der Waals surface area contributed by atoms with Gasteiger partial charge in [0.2, 0.25) is 0 Å². The van der Waals surface area contributed by atoms with E-state index in [1.54, 1.807) is 0 Å². The van der Waals surface area contributed by atoms with Crippen LogP contribution in [0, 0.1) is 11.3 Å². The normalized spacial score (nSPS) is 25.6. The van der Waals surface area contributed by atoms with Crippen molar-refractivity contribution in [3.63, 3.8) is 0 Å². The summed E-state index contributed by atoms with van der Waals surface area (Å²) >= 11 is 4.51. The second kappa shape index (κ2) is 7.01. The molecule has 2 unspecified atom stereocenters. The second-order valence-corrected chi connectivity index (χ2v) is 6.79. The molecule has 17 heavy (non-hydrogen) atoms. The van der Waals surface area contributed by atoms with Crippen LogP contribution in [-0.4, -0.2) is 41.5 Å². The van der Waals surface area contributed by atoms with Crippen LogP contribution in [0.3, 0.4) is 0 Å². The van der Waals surface area contributed by atoms with Crippen LogP contribution in [0.1, 0.15) is 46.5 Å². The van der Waals surface area contributed by atoms with Crippen molar-refractivity contribution in [1.82, 2.24) is 4.90 Å². The molecule has 0 aromatic carbocycles. The van der Waals surface area contributed by atoms with Gasteiger partial charge >= 0.3 is 0 Å². The van der Waals surface area contributed by atoms with Crippen LogP contribution in [0.25, 0.3) is 0 Å². The molecule has 1 saturated heterocycles. The van der Waals surface area contributed by atoms with Crippen molar-refractivity contribution in [2.75, 3.05) is 25.4 Å². The molecule has 0 aliphatic carbocycles. The third-order valence-corrected chi connectivity index (χ3v) is 4.55. The van der Waals surface area contributed by atoms with Crippen LogP contribution in [0.2, 0.25) is 0 Å². The van der Waals surface area contributed by atoms with E-state index in [1.807, 2.05) is 0 Å². The van der Waals surface area contributed by atoms with Gasteiger partial charge in [-0.3, -0.25) is 4.90 Å². The highest BCUT2D eigenvalue weighted by Crippen LogP contribution is 2.29. The van der Waals surface area contributed by atoms with Crippen LogP contribution < -0.4 is 0 Å². The average molecular weight is 259 g/mol. The molecule has 1 rings (SSSR count). The van der Waals surface area contributed by atoms with E-state index in [-0.39, 0.29) is 0 Å². The molecule has 0 bridgehead atoms. The van der Waals surface area contributed by atoms with Crippen LogP contribution in [0.5, 0.6) is 0 Å². The second-order valence-electron chi connectivity index (χ2n) is 6.43.